The van der Waals surface area contributed by atoms with Crippen LogP contribution >= 0.6 is 0 Å². The Bertz CT molecular complexity index is 593. The number of aliphatic hydroxyl groups is 1. The lowest BCUT2D eigenvalue weighted by molar-refractivity contribution is 0.0909. The quantitative estimate of drug-likeness (QED) is 0.860. The maximum absolute atomic E-state index is 12.0. The molecule has 1 atom stereocenters. The molecule has 2 aromatic heterocycles. The first-order valence-electron chi connectivity index (χ1n) is 6.55. The van der Waals surface area contributed by atoms with Crippen LogP contribution in [0.5, 0.6) is 0 Å². The summed E-state index contributed by atoms with van der Waals surface area (Å²) in [7, 11) is 0. The van der Waals surface area contributed by atoms with Crippen LogP contribution in [0.1, 0.15) is 46.7 Å². The van der Waals surface area contributed by atoms with E-state index < -0.39 is 6.10 Å². The Morgan fingerprint density at radius 3 is 3.10 bits per heavy atom. The molecule has 104 valence electrons. The van der Waals surface area contributed by atoms with Crippen LogP contribution in [0.15, 0.2) is 35.3 Å². The Kier molecular flexibility index (Phi) is 3.47. The van der Waals surface area contributed by atoms with Crippen molar-refractivity contribution < 1.29 is 14.3 Å². The molecule has 6 heteroatoms. The normalized spacial score (nSPS) is 15.8. The molecule has 0 aromatic carbocycles. The summed E-state index contributed by atoms with van der Waals surface area (Å²) in [5.41, 5.74) is 0.987. The van der Waals surface area contributed by atoms with Gasteiger partial charge in [0.2, 0.25) is 0 Å². The number of carbonyl (C=O) groups is 1. The van der Waals surface area contributed by atoms with Crippen LogP contribution in [0.25, 0.3) is 0 Å². The lowest BCUT2D eigenvalue weighted by Crippen LogP contribution is -2.29. The first kappa shape index (κ1) is 12.8. The lowest BCUT2D eigenvalue weighted by atomic mass is 10.1. The number of nitrogens with zero attached hydrogens (tertiary/aromatic N) is 2. The van der Waals surface area contributed by atoms with E-state index in [0.29, 0.717) is 22.9 Å². The van der Waals surface area contributed by atoms with Gasteiger partial charge >= 0.3 is 0 Å². The van der Waals surface area contributed by atoms with Crippen molar-refractivity contribution in [3.05, 3.63) is 47.9 Å². The predicted molar refractivity (Wildman–Crippen MR) is 70.0 cm³/mol. The lowest BCUT2D eigenvalue weighted by Gasteiger charge is -2.11. The van der Waals surface area contributed by atoms with Crippen LogP contribution in [0.3, 0.4) is 0 Å². The molecule has 3 rings (SSSR count). The highest BCUT2D eigenvalue weighted by Crippen LogP contribution is 2.41. The summed E-state index contributed by atoms with van der Waals surface area (Å²) in [6.45, 7) is 0.113. The second-order valence-electron chi connectivity index (χ2n) is 4.85. The third-order valence-corrected chi connectivity index (χ3v) is 3.28. The van der Waals surface area contributed by atoms with E-state index in [1.54, 1.807) is 24.5 Å². The molecule has 2 heterocycles. The SMILES string of the molecule is O=C(NC[C@H](O)c1cccnc1)c1ncoc1C1CC1. The molecule has 2 N–H and O–H groups in total. The summed E-state index contributed by atoms with van der Waals surface area (Å²) in [5, 5.41) is 12.6. The van der Waals surface area contributed by atoms with Gasteiger partial charge in [0.1, 0.15) is 5.76 Å². The van der Waals surface area contributed by atoms with Gasteiger partial charge in [-0.2, -0.15) is 0 Å². The standard InChI is InChI=1S/C14H15N3O3/c18-11(10-2-1-5-15-6-10)7-16-14(19)12-13(9-3-4-9)20-8-17-12/h1-2,5-6,8-9,11,18H,3-4,7H2,(H,16,19)/t11-/m0/s1. The second-order valence-corrected chi connectivity index (χ2v) is 4.85. The number of nitrogens with one attached hydrogen (secondary N) is 1. The zero-order chi connectivity index (χ0) is 13.9. The second kappa shape index (κ2) is 5.42. The van der Waals surface area contributed by atoms with Crippen LogP contribution in [-0.4, -0.2) is 27.5 Å². The largest absolute Gasteiger partial charge is 0.447 e. The number of aliphatic hydroxyl groups excluding tert-OH is 1. The van der Waals surface area contributed by atoms with Crippen LogP contribution in [0.2, 0.25) is 0 Å². The maximum atomic E-state index is 12.0. The topological polar surface area (TPSA) is 88.2 Å². The van der Waals surface area contributed by atoms with Crippen molar-refractivity contribution in [1.82, 2.24) is 15.3 Å². The van der Waals surface area contributed by atoms with Gasteiger partial charge in [-0.1, -0.05) is 6.07 Å². The van der Waals surface area contributed by atoms with Gasteiger partial charge in [0.05, 0.1) is 6.10 Å². The van der Waals surface area contributed by atoms with Crippen molar-refractivity contribution in [2.75, 3.05) is 6.54 Å². The molecule has 0 bridgehead atoms. The number of carbonyl (C=O) groups excluding carboxylic acids is 1. The summed E-state index contributed by atoms with van der Waals surface area (Å²) in [6, 6.07) is 3.50. The van der Waals surface area contributed by atoms with E-state index in [-0.39, 0.29) is 12.5 Å². The van der Waals surface area contributed by atoms with E-state index >= 15 is 0 Å². The molecule has 2 aromatic rings. The van der Waals surface area contributed by atoms with Gasteiger partial charge in [-0.25, -0.2) is 4.98 Å². The minimum Gasteiger partial charge on any atom is -0.447 e. The number of hydrogen-bond donors (Lipinski definition) is 2. The van der Waals surface area contributed by atoms with E-state index in [0.717, 1.165) is 12.8 Å². The van der Waals surface area contributed by atoms with Crippen molar-refractivity contribution in [2.24, 2.45) is 0 Å². The number of aromatic nitrogens is 2. The summed E-state index contributed by atoms with van der Waals surface area (Å²) >= 11 is 0. The highest BCUT2D eigenvalue weighted by Gasteiger charge is 2.32. The molecule has 0 aliphatic heterocycles. The minimum absolute atomic E-state index is 0.113. The van der Waals surface area contributed by atoms with Crippen molar-refractivity contribution in [1.29, 1.82) is 0 Å². The maximum Gasteiger partial charge on any atom is 0.273 e. The van der Waals surface area contributed by atoms with Gasteiger partial charge in [-0.3, -0.25) is 9.78 Å². The third-order valence-electron chi connectivity index (χ3n) is 3.28. The summed E-state index contributed by atoms with van der Waals surface area (Å²) < 4.78 is 5.26. The fourth-order valence-electron chi connectivity index (χ4n) is 2.02. The van der Waals surface area contributed by atoms with Crippen molar-refractivity contribution >= 4 is 5.91 Å². The van der Waals surface area contributed by atoms with Crippen molar-refractivity contribution in [3.8, 4) is 0 Å². The van der Waals surface area contributed by atoms with Crippen molar-refractivity contribution in [3.63, 3.8) is 0 Å². The molecule has 6 nitrogen and oxygen atoms in total. The highest BCUT2D eigenvalue weighted by atomic mass is 16.3. The van der Waals surface area contributed by atoms with E-state index in [9.17, 15) is 9.90 Å². The number of oxazole rings is 1. The Balaban J connectivity index is 1.60. The van der Waals surface area contributed by atoms with Crippen LogP contribution in [0, 0.1) is 0 Å². The van der Waals surface area contributed by atoms with Crippen LogP contribution < -0.4 is 5.32 Å². The first-order valence-corrected chi connectivity index (χ1v) is 6.55. The summed E-state index contributed by atoms with van der Waals surface area (Å²) in [4.78, 5) is 19.9. The number of amides is 1. The number of hydrogen-bond acceptors (Lipinski definition) is 5. The molecular formula is C14H15N3O3. The van der Waals surface area contributed by atoms with E-state index in [2.05, 4.69) is 15.3 Å². The smallest absolute Gasteiger partial charge is 0.273 e. The van der Waals surface area contributed by atoms with Gasteiger partial charge in [-0.05, 0) is 18.9 Å². The zero-order valence-electron chi connectivity index (χ0n) is 10.8. The minimum atomic E-state index is -0.788. The Hall–Kier alpha value is -2.21. The molecule has 1 aliphatic carbocycles. The van der Waals surface area contributed by atoms with Gasteiger partial charge in [0.15, 0.2) is 12.1 Å². The Morgan fingerprint density at radius 1 is 1.55 bits per heavy atom. The van der Waals surface area contributed by atoms with E-state index in [1.165, 1.54) is 6.39 Å². The molecule has 0 unspecified atom stereocenters. The van der Waals surface area contributed by atoms with Crippen LogP contribution in [0.4, 0.5) is 0 Å². The third kappa shape index (κ3) is 2.70. The number of rotatable bonds is 5. The van der Waals surface area contributed by atoms with Gasteiger partial charge in [0, 0.05) is 30.4 Å². The molecule has 0 radical (unpaired) electrons. The van der Waals surface area contributed by atoms with E-state index in [1.807, 2.05) is 0 Å². The fourth-order valence-corrected chi connectivity index (χ4v) is 2.02. The Labute approximate surface area is 115 Å². The molecule has 1 amide bonds. The molecule has 20 heavy (non-hydrogen) atoms. The molecule has 0 spiro atoms. The molecular weight excluding hydrogens is 258 g/mol. The van der Waals surface area contributed by atoms with Gasteiger partial charge < -0.3 is 14.8 Å². The monoisotopic (exact) mass is 273 g/mol. The molecule has 1 fully saturated rings. The fraction of sp³-hybridized carbons (Fsp3) is 0.357. The Morgan fingerprint density at radius 2 is 2.40 bits per heavy atom. The zero-order valence-corrected chi connectivity index (χ0v) is 10.8. The van der Waals surface area contributed by atoms with Gasteiger partial charge in [0.25, 0.3) is 5.91 Å². The molecule has 1 saturated carbocycles. The average molecular weight is 273 g/mol. The van der Waals surface area contributed by atoms with Crippen molar-refractivity contribution in [2.45, 2.75) is 24.9 Å². The first-order chi connectivity index (χ1) is 9.75. The highest BCUT2D eigenvalue weighted by molar-refractivity contribution is 5.93. The van der Waals surface area contributed by atoms with E-state index in [4.69, 9.17) is 4.42 Å². The number of pyridine rings is 1. The van der Waals surface area contributed by atoms with Crippen LogP contribution in [-0.2, 0) is 0 Å². The summed E-state index contributed by atoms with van der Waals surface area (Å²) in [6.07, 6.45) is 5.78. The average Bonchev–Trinajstić information content (AvgIpc) is 3.22. The van der Waals surface area contributed by atoms with Gasteiger partial charge in [-0.15, -0.1) is 0 Å². The molecule has 0 saturated heterocycles. The summed E-state index contributed by atoms with van der Waals surface area (Å²) in [5.74, 6) is 0.656. The molecule has 1 aliphatic rings. The predicted octanol–water partition coefficient (Wildman–Crippen LogP) is 1.41.